The molecule has 0 radical (unpaired) electrons. The van der Waals surface area contributed by atoms with E-state index in [0.717, 1.165) is 0 Å². The Morgan fingerprint density at radius 3 is 2.56 bits per heavy atom. The van der Waals surface area contributed by atoms with Crippen molar-refractivity contribution >= 4 is 18.3 Å². The summed E-state index contributed by atoms with van der Waals surface area (Å²) in [6.07, 6.45) is 1.86. The van der Waals surface area contributed by atoms with Crippen molar-refractivity contribution in [2.24, 2.45) is 5.92 Å². The van der Waals surface area contributed by atoms with Gasteiger partial charge in [0.1, 0.15) is 12.8 Å². The minimum absolute atomic E-state index is 0.224. The van der Waals surface area contributed by atoms with Gasteiger partial charge in [0.05, 0.1) is 12.6 Å². The van der Waals surface area contributed by atoms with Gasteiger partial charge in [0, 0.05) is 0 Å². The highest BCUT2D eigenvalue weighted by atomic mass is 16.5. The molecule has 2 N–H and O–H groups in total. The third kappa shape index (κ3) is 8.32. The number of carbonyl (C=O) groups is 3. The van der Waals surface area contributed by atoms with Crippen LogP contribution in [0.4, 0.5) is 4.79 Å². The van der Waals surface area contributed by atoms with Crippen LogP contribution in [0, 0.1) is 5.92 Å². The molecular formula is C12H20N2O4. The van der Waals surface area contributed by atoms with E-state index in [9.17, 15) is 14.4 Å². The molecule has 0 spiro atoms. The number of aldehydes is 1. The first kappa shape index (κ1) is 16.1. The molecule has 18 heavy (non-hydrogen) atoms. The molecule has 0 heterocycles. The number of hydrogen-bond acceptors (Lipinski definition) is 4. The Hall–Kier alpha value is -1.85. The van der Waals surface area contributed by atoms with Crippen molar-refractivity contribution in [3.8, 4) is 0 Å². The van der Waals surface area contributed by atoms with Gasteiger partial charge in [-0.2, -0.15) is 0 Å². The highest BCUT2D eigenvalue weighted by Crippen LogP contribution is 1.92. The molecule has 0 aromatic carbocycles. The third-order valence-corrected chi connectivity index (χ3v) is 1.87. The number of hydrogen-bond donors (Lipinski definition) is 2. The summed E-state index contributed by atoms with van der Waals surface area (Å²) in [4.78, 5) is 33.1. The van der Waals surface area contributed by atoms with Crippen LogP contribution in [0.25, 0.3) is 0 Å². The molecule has 0 aliphatic heterocycles. The normalized spacial score (nSPS) is 11.5. The van der Waals surface area contributed by atoms with Crippen molar-refractivity contribution in [3.05, 3.63) is 12.7 Å². The van der Waals surface area contributed by atoms with Crippen LogP contribution in [-0.2, 0) is 14.3 Å². The average Bonchev–Trinajstić information content (AvgIpc) is 2.33. The molecule has 0 aliphatic carbocycles. The molecule has 0 aromatic rings. The first-order chi connectivity index (χ1) is 8.49. The lowest BCUT2D eigenvalue weighted by Gasteiger charge is -2.11. The number of carbonyl (C=O) groups excluding carboxylic acids is 3. The van der Waals surface area contributed by atoms with E-state index < -0.39 is 18.0 Å². The van der Waals surface area contributed by atoms with Gasteiger partial charge in [0.2, 0.25) is 5.91 Å². The first-order valence-electron chi connectivity index (χ1n) is 5.75. The van der Waals surface area contributed by atoms with Crippen molar-refractivity contribution in [2.75, 3.05) is 13.2 Å². The molecule has 0 bridgehead atoms. The van der Waals surface area contributed by atoms with E-state index in [-0.39, 0.29) is 12.5 Å². The smallest absolute Gasteiger partial charge is 0.407 e. The maximum atomic E-state index is 11.4. The maximum Gasteiger partial charge on any atom is 0.407 e. The van der Waals surface area contributed by atoms with Gasteiger partial charge in [-0.25, -0.2) is 4.79 Å². The van der Waals surface area contributed by atoms with Gasteiger partial charge in [0.15, 0.2) is 0 Å². The van der Waals surface area contributed by atoms with Crippen LogP contribution in [0.5, 0.6) is 0 Å². The molecule has 0 saturated heterocycles. The van der Waals surface area contributed by atoms with Gasteiger partial charge in [-0.05, 0) is 12.3 Å². The van der Waals surface area contributed by atoms with Crippen LogP contribution in [-0.4, -0.2) is 37.5 Å². The number of ether oxygens (including phenoxy) is 1. The molecule has 2 amide bonds. The summed E-state index contributed by atoms with van der Waals surface area (Å²) in [6.45, 7) is 7.35. The molecule has 0 saturated carbocycles. The Morgan fingerprint density at radius 2 is 2.06 bits per heavy atom. The molecule has 1 atom stereocenters. The van der Waals surface area contributed by atoms with E-state index in [1.807, 2.05) is 13.8 Å². The Morgan fingerprint density at radius 1 is 1.39 bits per heavy atom. The summed E-state index contributed by atoms with van der Waals surface area (Å²) in [5.41, 5.74) is 0. The van der Waals surface area contributed by atoms with Crippen LogP contribution in [0.2, 0.25) is 0 Å². The molecule has 102 valence electrons. The summed E-state index contributed by atoms with van der Waals surface area (Å²) in [6, 6.07) is -0.608. The fourth-order valence-electron chi connectivity index (χ4n) is 1.03. The van der Waals surface area contributed by atoms with Gasteiger partial charge in [0.25, 0.3) is 0 Å². The van der Waals surface area contributed by atoms with Crippen LogP contribution < -0.4 is 10.6 Å². The summed E-state index contributed by atoms with van der Waals surface area (Å²) < 4.78 is 4.82. The molecule has 6 nitrogen and oxygen atoms in total. The Labute approximate surface area is 107 Å². The highest BCUT2D eigenvalue weighted by molar-refractivity contribution is 5.84. The lowest BCUT2D eigenvalue weighted by molar-refractivity contribution is -0.123. The second kappa shape index (κ2) is 9.21. The Kier molecular flexibility index (Phi) is 8.26. The van der Waals surface area contributed by atoms with E-state index in [1.165, 1.54) is 6.08 Å². The van der Waals surface area contributed by atoms with Crippen LogP contribution >= 0.6 is 0 Å². The van der Waals surface area contributed by atoms with E-state index in [1.54, 1.807) is 0 Å². The minimum atomic E-state index is -0.648. The van der Waals surface area contributed by atoms with Gasteiger partial charge < -0.3 is 20.2 Å². The van der Waals surface area contributed by atoms with E-state index in [2.05, 4.69) is 17.2 Å². The van der Waals surface area contributed by atoms with Crippen molar-refractivity contribution < 1.29 is 19.1 Å². The lowest BCUT2D eigenvalue weighted by Crippen LogP contribution is -2.42. The minimum Gasteiger partial charge on any atom is -0.449 e. The third-order valence-electron chi connectivity index (χ3n) is 1.87. The fourth-order valence-corrected chi connectivity index (χ4v) is 1.03. The summed E-state index contributed by atoms with van der Waals surface area (Å²) in [7, 11) is 0. The maximum absolute atomic E-state index is 11.4. The topological polar surface area (TPSA) is 84.5 Å². The summed E-state index contributed by atoms with van der Waals surface area (Å²) in [5, 5.41) is 4.73. The zero-order chi connectivity index (χ0) is 14.0. The number of nitrogens with one attached hydrogen (secondary N) is 2. The van der Waals surface area contributed by atoms with Crippen molar-refractivity contribution in [3.63, 3.8) is 0 Å². The monoisotopic (exact) mass is 256 g/mol. The first-order valence-corrected chi connectivity index (χ1v) is 5.75. The van der Waals surface area contributed by atoms with E-state index in [0.29, 0.717) is 19.3 Å². The second-order valence-corrected chi connectivity index (χ2v) is 4.18. The molecule has 6 heteroatoms. The number of alkyl carbamates (subject to hydrolysis) is 1. The van der Waals surface area contributed by atoms with Gasteiger partial charge in [-0.3, -0.25) is 4.79 Å². The molecule has 0 fully saturated rings. The van der Waals surface area contributed by atoms with E-state index in [4.69, 9.17) is 4.74 Å². The van der Waals surface area contributed by atoms with Crippen molar-refractivity contribution in [1.29, 1.82) is 0 Å². The van der Waals surface area contributed by atoms with Crippen LogP contribution in [0.15, 0.2) is 12.7 Å². The largest absolute Gasteiger partial charge is 0.449 e. The van der Waals surface area contributed by atoms with Crippen LogP contribution in [0.1, 0.15) is 20.3 Å². The number of rotatable bonds is 8. The predicted octanol–water partition coefficient (Wildman–Crippen LogP) is 0.628. The predicted molar refractivity (Wildman–Crippen MR) is 67.0 cm³/mol. The van der Waals surface area contributed by atoms with Crippen LogP contribution in [0.3, 0.4) is 0 Å². The van der Waals surface area contributed by atoms with Crippen molar-refractivity contribution in [1.82, 2.24) is 10.6 Å². The fraction of sp³-hybridized carbons (Fsp3) is 0.583. The van der Waals surface area contributed by atoms with E-state index >= 15 is 0 Å². The molecule has 0 rings (SSSR count). The summed E-state index contributed by atoms with van der Waals surface area (Å²) in [5.74, 6) is -0.216. The molecule has 0 aromatic heterocycles. The Bertz CT molecular complexity index is 302. The van der Waals surface area contributed by atoms with Crippen molar-refractivity contribution in [2.45, 2.75) is 26.3 Å². The summed E-state index contributed by atoms with van der Waals surface area (Å²) >= 11 is 0. The quantitative estimate of drug-likeness (QED) is 0.493. The SMILES string of the molecule is C=CC[C@@H](C=O)NC(=O)CNC(=O)OCC(C)C. The second-order valence-electron chi connectivity index (χ2n) is 4.18. The number of amides is 2. The standard InChI is InChI=1S/C12H20N2O4/c1-4-5-10(7-15)14-11(16)6-13-12(17)18-8-9(2)3/h4,7,9-10H,1,5-6,8H2,2-3H3,(H,13,17)(H,14,16)/t10-/m0/s1. The highest BCUT2D eigenvalue weighted by Gasteiger charge is 2.11. The zero-order valence-corrected chi connectivity index (χ0v) is 10.8. The molecular weight excluding hydrogens is 236 g/mol. The van der Waals surface area contributed by atoms with Gasteiger partial charge in [-0.1, -0.05) is 19.9 Å². The zero-order valence-electron chi connectivity index (χ0n) is 10.8. The van der Waals surface area contributed by atoms with Gasteiger partial charge >= 0.3 is 6.09 Å². The molecule has 0 aliphatic rings. The Balaban J connectivity index is 3.84. The lowest BCUT2D eigenvalue weighted by atomic mass is 10.2. The van der Waals surface area contributed by atoms with Gasteiger partial charge in [-0.15, -0.1) is 6.58 Å². The average molecular weight is 256 g/mol. The molecule has 0 unspecified atom stereocenters.